The van der Waals surface area contributed by atoms with Gasteiger partial charge in [0.1, 0.15) is 11.2 Å². The van der Waals surface area contributed by atoms with Crippen molar-refractivity contribution in [3.05, 3.63) is 53.1 Å². The van der Waals surface area contributed by atoms with Gasteiger partial charge in [0.15, 0.2) is 5.69 Å². The minimum atomic E-state index is -1.04. The van der Waals surface area contributed by atoms with E-state index in [1.54, 1.807) is 15.8 Å². The largest absolute Gasteiger partial charge is 0.350 e. The standard InChI is InChI=1S/C26H33N5O3/c1-18-8-7-9-19(14-18)15-27-25(34)26(2)16-30-17-28-21(22(30)24(33)31(26)20-10-11-20)23(32)29-12-5-3-4-6-13-29/h7-9,14,17,20H,3-6,10-13,15-16H2,1-2H3,(H,27,34)/t26-/m0/s1. The van der Waals surface area contributed by atoms with Gasteiger partial charge < -0.3 is 19.7 Å². The third kappa shape index (κ3) is 4.10. The van der Waals surface area contributed by atoms with Crippen LogP contribution < -0.4 is 5.32 Å². The summed E-state index contributed by atoms with van der Waals surface area (Å²) in [4.78, 5) is 48.5. The molecule has 1 aliphatic carbocycles. The second kappa shape index (κ2) is 8.89. The van der Waals surface area contributed by atoms with Gasteiger partial charge in [-0.15, -0.1) is 0 Å². The minimum Gasteiger partial charge on any atom is -0.350 e. The number of fused-ring (bicyclic) bond motifs is 1. The number of carbonyl (C=O) groups is 3. The highest BCUT2D eigenvalue weighted by atomic mass is 16.2. The molecule has 2 fully saturated rings. The molecule has 8 heteroatoms. The Labute approximate surface area is 200 Å². The van der Waals surface area contributed by atoms with Gasteiger partial charge in [0, 0.05) is 25.7 Å². The van der Waals surface area contributed by atoms with Crippen LogP contribution in [0.2, 0.25) is 0 Å². The Morgan fingerprint density at radius 3 is 2.56 bits per heavy atom. The first kappa shape index (κ1) is 22.6. The van der Waals surface area contributed by atoms with Crippen molar-refractivity contribution in [2.75, 3.05) is 13.1 Å². The highest BCUT2D eigenvalue weighted by Gasteiger charge is 2.53. The number of rotatable bonds is 5. The number of likely N-dealkylation sites (tertiary alicyclic amines) is 1. The molecule has 2 aliphatic heterocycles. The molecular formula is C26H33N5O3. The molecule has 8 nitrogen and oxygen atoms in total. The van der Waals surface area contributed by atoms with Gasteiger partial charge in [-0.2, -0.15) is 0 Å². The average Bonchev–Trinajstić information content (AvgIpc) is 3.60. The molecule has 1 aromatic heterocycles. The Balaban J connectivity index is 1.41. The zero-order valence-corrected chi connectivity index (χ0v) is 20.0. The fraction of sp³-hybridized carbons (Fsp3) is 0.538. The first-order valence-electron chi connectivity index (χ1n) is 12.4. The van der Waals surface area contributed by atoms with Crippen LogP contribution in [-0.4, -0.2) is 61.7 Å². The number of nitrogens with one attached hydrogen (secondary N) is 1. The fourth-order valence-corrected chi connectivity index (χ4v) is 5.33. The topological polar surface area (TPSA) is 87.5 Å². The summed E-state index contributed by atoms with van der Waals surface area (Å²) >= 11 is 0. The molecule has 3 amide bonds. The molecule has 1 aromatic carbocycles. The van der Waals surface area contributed by atoms with Crippen LogP contribution >= 0.6 is 0 Å². The lowest BCUT2D eigenvalue weighted by molar-refractivity contribution is -0.133. The summed E-state index contributed by atoms with van der Waals surface area (Å²) in [5.74, 6) is -0.626. The molecule has 34 heavy (non-hydrogen) atoms. The zero-order chi connectivity index (χ0) is 23.9. The summed E-state index contributed by atoms with van der Waals surface area (Å²) in [7, 11) is 0. The molecule has 3 heterocycles. The van der Waals surface area contributed by atoms with Crippen LogP contribution in [0, 0.1) is 6.92 Å². The van der Waals surface area contributed by atoms with Crippen LogP contribution in [0.3, 0.4) is 0 Å². The Kier molecular flexibility index (Phi) is 5.91. The lowest BCUT2D eigenvalue weighted by atomic mass is 9.93. The van der Waals surface area contributed by atoms with E-state index < -0.39 is 5.54 Å². The molecule has 5 rings (SSSR count). The Morgan fingerprint density at radius 2 is 1.88 bits per heavy atom. The molecule has 0 radical (unpaired) electrons. The number of amides is 3. The zero-order valence-electron chi connectivity index (χ0n) is 20.0. The van der Waals surface area contributed by atoms with Crippen LogP contribution in [0.1, 0.15) is 77.6 Å². The van der Waals surface area contributed by atoms with E-state index in [9.17, 15) is 14.4 Å². The predicted octanol–water partition coefficient (Wildman–Crippen LogP) is 2.90. The number of aromatic nitrogens is 2. The van der Waals surface area contributed by atoms with Gasteiger partial charge in [-0.05, 0) is 45.1 Å². The van der Waals surface area contributed by atoms with Crippen LogP contribution in [0.5, 0.6) is 0 Å². The summed E-state index contributed by atoms with van der Waals surface area (Å²) in [6.07, 6.45) is 7.48. The van der Waals surface area contributed by atoms with E-state index in [2.05, 4.69) is 10.3 Å². The van der Waals surface area contributed by atoms with Crippen LogP contribution in [0.4, 0.5) is 0 Å². The van der Waals surface area contributed by atoms with Crippen molar-refractivity contribution in [3.63, 3.8) is 0 Å². The molecule has 3 aliphatic rings. The first-order valence-corrected chi connectivity index (χ1v) is 12.4. The van der Waals surface area contributed by atoms with Gasteiger partial charge in [-0.3, -0.25) is 14.4 Å². The predicted molar refractivity (Wildman–Crippen MR) is 127 cm³/mol. The van der Waals surface area contributed by atoms with E-state index in [4.69, 9.17) is 0 Å². The molecule has 1 saturated heterocycles. The van der Waals surface area contributed by atoms with E-state index in [-0.39, 0.29) is 36.0 Å². The lowest BCUT2D eigenvalue weighted by Gasteiger charge is -2.44. The van der Waals surface area contributed by atoms with E-state index >= 15 is 0 Å². The van der Waals surface area contributed by atoms with E-state index in [1.165, 1.54) is 0 Å². The van der Waals surface area contributed by atoms with Crippen LogP contribution in [-0.2, 0) is 17.9 Å². The molecule has 1 N–H and O–H groups in total. The number of aryl methyl sites for hydroxylation is 1. The maximum Gasteiger partial charge on any atom is 0.274 e. The number of nitrogens with zero attached hydrogens (tertiary/aromatic N) is 4. The van der Waals surface area contributed by atoms with Gasteiger partial charge in [0.05, 0.1) is 12.9 Å². The highest BCUT2D eigenvalue weighted by molar-refractivity contribution is 6.07. The molecule has 0 unspecified atom stereocenters. The smallest absolute Gasteiger partial charge is 0.274 e. The summed E-state index contributed by atoms with van der Waals surface area (Å²) in [6.45, 7) is 5.93. The number of imidazole rings is 1. The number of benzene rings is 1. The van der Waals surface area contributed by atoms with Gasteiger partial charge in [-0.1, -0.05) is 42.7 Å². The van der Waals surface area contributed by atoms with Crippen LogP contribution in [0.15, 0.2) is 30.6 Å². The third-order valence-corrected chi connectivity index (χ3v) is 7.30. The highest BCUT2D eigenvalue weighted by Crippen LogP contribution is 2.39. The van der Waals surface area contributed by atoms with Crippen molar-refractivity contribution in [2.45, 2.75) is 77.0 Å². The molecule has 2 aromatic rings. The van der Waals surface area contributed by atoms with Gasteiger partial charge in [0.2, 0.25) is 5.91 Å². The maximum atomic E-state index is 13.8. The third-order valence-electron chi connectivity index (χ3n) is 7.30. The lowest BCUT2D eigenvalue weighted by Crippen LogP contribution is -2.64. The SMILES string of the molecule is Cc1cccc(CNC(=O)[C@]2(C)Cn3cnc(C(=O)N4CCCCCC4)c3C(=O)N2C2CC2)c1. The van der Waals surface area contributed by atoms with Gasteiger partial charge in [0.25, 0.3) is 11.8 Å². The Morgan fingerprint density at radius 1 is 1.15 bits per heavy atom. The van der Waals surface area contributed by atoms with E-state index in [0.717, 1.165) is 49.7 Å². The average molecular weight is 464 g/mol. The molecular weight excluding hydrogens is 430 g/mol. The molecule has 180 valence electrons. The van der Waals surface area contributed by atoms with Crippen molar-refractivity contribution in [2.24, 2.45) is 0 Å². The van der Waals surface area contributed by atoms with Crippen LogP contribution in [0.25, 0.3) is 0 Å². The molecule has 0 spiro atoms. The van der Waals surface area contributed by atoms with E-state index in [0.29, 0.717) is 25.3 Å². The maximum absolute atomic E-state index is 13.8. The Hall–Kier alpha value is -3.16. The quantitative estimate of drug-likeness (QED) is 0.739. The molecule has 1 atom stereocenters. The monoisotopic (exact) mass is 463 g/mol. The van der Waals surface area contributed by atoms with Gasteiger partial charge in [-0.25, -0.2) is 4.98 Å². The number of hydrogen-bond acceptors (Lipinski definition) is 4. The van der Waals surface area contributed by atoms with E-state index in [1.807, 2.05) is 43.0 Å². The normalized spacial score (nSPS) is 22.8. The summed E-state index contributed by atoms with van der Waals surface area (Å²) in [5.41, 5.74) is 1.66. The minimum absolute atomic E-state index is 0.0204. The summed E-state index contributed by atoms with van der Waals surface area (Å²) in [5, 5.41) is 3.05. The summed E-state index contributed by atoms with van der Waals surface area (Å²) in [6, 6.07) is 8.04. The van der Waals surface area contributed by atoms with Crippen molar-refractivity contribution in [1.29, 1.82) is 0 Å². The van der Waals surface area contributed by atoms with Crippen molar-refractivity contribution in [1.82, 2.24) is 24.7 Å². The van der Waals surface area contributed by atoms with Crippen molar-refractivity contribution in [3.8, 4) is 0 Å². The Bertz CT molecular complexity index is 1110. The molecule has 0 bridgehead atoms. The second-order valence-electron chi connectivity index (χ2n) is 10.1. The van der Waals surface area contributed by atoms with Crippen molar-refractivity contribution >= 4 is 17.7 Å². The summed E-state index contributed by atoms with van der Waals surface area (Å²) < 4.78 is 1.71. The number of carbonyl (C=O) groups excluding carboxylic acids is 3. The van der Waals surface area contributed by atoms with Crippen molar-refractivity contribution < 1.29 is 14.4 Å². The fourth-order valence-electron chi connectivity index (χ4n) is 5.33. The molecule has 1 saturated carbocycles. The second-order valence-corrected chi connectivity index (χ2v) is 10.1. The number of hydrogen-bond donors (Lipinski definition) is 1. The van der Waals surface area contributed by atoms with Gasteiger partial charge >= 0.3 is 0 Å². The first-order chi connectivity index (χ1) is 16.4.